The van der Waals surface area contributed by atoms with Gasteiger partial charge in [0.05, 0.1) is 0 Å². The first kappa shape index (κ1) is 9.93. The van der Waals surface area contributed by atoms with E-state index in [1.165, 1.54) is 6.39 Å². The molecule has 0 aliphatic rings. The Labute approximate surface area is 69.3 Å². The van der Waals surface area contributed by atoms with Crippen molar-refractivity contribution in [2.75, 3.05) is 0 Å². The van der Waals surface area contributed by atoms with Crippen LogP contribution in [0.25, 0.3) is 0 Å². The van der Waals surface area contributed by atoms with E-state index in [4.69, 9.17) is 10.3 Å². The topological polar surface area (TPSA) is 81.2 Å². The Morgan fingerprint density at radius 3 is 2.82 bits per heavy atom. The summed E-state index contributed by atoms with van der Waals surface area (Å²) in [6, 6.07) is 0. The largest absolute Gasteiger partial charge is 0.448 e. The molecule has 0 aliphatic carbocycles. The SMILES string of the molecule is Cc1ocnc1C(=O)NN.Cl. The zero-order valence-electron chi connectivity index (χ0n) is 5.83. The summed E-state index contributed by atoms with van der Waals surface area (Å²) in [6.45, 7) is 1.64. The van der Waals surface area contributed by atoms with E-state index in [1.54, 1.807) is 6.92 Å². The molecule has 0 bridgehead atoms. The molecular weight excluding hydrogens is 170 g/mol. The molecule has 0 fully saturated rings. The van der Waals surface area contributed by atoms with E-state index in [9.17, 15) is 4.79 Å². The lowest BCUT2D eigenvalue weighted by Gasteiger charge is -1.92. The molecule has 62 valence electrons. The molecule has 0 aliphatic heterocycles. The number of hydrogen-bond acceptors (Lipinski definition) is 4. The van der Waals surface area contributed by atoms with Gasteiger partial charge in [-0.15, -0.1) is 12.4 Å². The van der Waals surface area contributed by atoms with Crippen LogP contribution in [-0.2, 0) is 0 Å². The maximum absolute atomic E-state index is 10.7. The number of nitrogens with zero attached hydrogens (tertiary/aromatic N) is 1. The van der Waals surface area contributed by atoms with E-state index < -0.39 is 5.91 Å². The van der Waals surface area contributed by atoms with Crippen LogP contribution in [-0.4, -0.2) is 10.9 Å². The van der Waals surface area contributed by atoms with Gasteiger partial charge in [-0.2, -0.15) is 0 Å². The fourth-order valence-corrected chi connectivity index (χ4v) is 0.592. The highest BCUT2D eigenvalue weighted by Crippen LogP contribution is 2.02. The predicted molar refractivity (Wildman–Crippen MR) is 40.1 cm³/mol. The summed E-state index contributed by atoms with van der Waals surface area (Å²) in [4.78, 5) is 14.4. The average molecular weight is 178 g/mol. The molecular formula is C5H8ClN3O2. The summed E-state index contributed by atoms with van der Waals surface area (Å²) in [6.07, 6.45) is 1.19. The number of carbonyl (C=O) groups is 1. The Hall–Kier alpha value is -1.07. The van der Waals surface area contributed by atoms with Crippen LogP contribution >= 0.6 is 12.4 Å². The molecule has 0 aromatic carbocycles. The first-order valence-electron chi connectivity index (χ1n) is 2.66. The second-order valence-electron chi connectivity index (χ2n) is 1.73. The number of nitrogen functional groups attached to an aromatic ring is 1. The van der Waals surface area contributed by atoms with Gasteiger partial charge in [-0.25, -0.2) is 10.8 Å². The molecule has 0 spiro atoms. The Morgan fingerprint density at radius 2 is 2.45 bits per heavy atom. The van der Waals surface area contributed by atoms with Crippen LogP contribution in [0.4, 0.5) is 0 Å². The molecule has 1 heterocycles. The summed E-state index contributed by atoms with van der Waals surface area (Å²) in [5, 5.41) is 0. The van der Waals surface area contributed by atoms with Crippen LogP contribution < -0.4 is 11.3 Å². The summed E-state index contributed by atoms with van der Waals surface area (Å²) >= 11 is 0. The van der Waals surface area contributed by atoms with Gasteiger partial charge in [0.1, 0.15) is 5.76 Å². The molecule has 1 rings (SSSR count). The molecule has 0 saturated carbocycles. The minimum atomic E-state index is -0.439. The molecule has 1 aromatic rings. The van der Waals surface area contributed by atoms with E-state index in [0.717, 1.165) is 0 Å². The van der Waals surface area contributed by atoms with E-state index in [0.29, 0.717) is 5.76 Å². The number of halogens is 1. The predicted octanol–water partition coefficient (Wildman–Crippen LogP) is 0.00832. The van der Waals surface area contributed by atoms with E-state index in [1.807, 2.05) is 5.43 Å². The first-order chi connectivity index (χ1) is 4.75. The quantitative estimate of drug-likeness (QED) is 0.360. The molecule has 1 amide bonds. The van der Waals surface area contributed by atoms with Crippen molar-refractivity contribution in [2.45, 2.75) is 6.92 Å². The number of amides is 1. The average Bonchev–Trinajstić information content (AvgIpc) is 2.34. The van der Waals surface area contributed by atoms with Gasteiger partial charge >= 0.3 is 0 Å². The fourth-order valence-electron chi connectivity index (χ4n) is 0.592. The zero-order chi connectivity index (χ0) is 7.56. The summed E-state index contributed by atoms with van der Waals surface area (Å²) in [5.41, 5.74) is 2.17. The monoisotopic (exact) mass is 177 g/mol. The molecule has 0 atom stereocenters. The second kappa shape index (κ2) is 3.95. The third kappa shape index (κ3) is 1.92. The zero-order valence-corrected chi connectivity index (χ0v) is 6.64. The minimum Gasteiger partial charge on any atom is -0.448 e. The third-order valence-corrected chi connectivity index (χ3v) is 1.09. The number of rotatable bonds is 1. The number of aryl methyl sites for hydroxylation is 1. The van der Waals surface area contributed by atoms with Gasteiger partial charge in [-0.3, -0.25) is 10.2 Å². The number of aromatic nitrogens is 1. The Balaban J connectivity index is 0.000001000. The summed E-state index contributed by atoms with van der Waals surface area (Å²) in [7, 11) is 0. The smallest absolute Gasteiger partial charge is 0.287 e. The van der Waals surface area contributed by atoms with Crippen LogP contribution in [0.2, 0.25) is 0 Å². The van der Waals surface area contributed by atoms with Crippen LogP contribution in [0.15, 0.2) is 10.8 Å². The number of carbonyl (C=O) groups excluding carboxylic acids is 1. The van der Waals surface area contributed by atoms with E-state index >= 15 is 0 Å². The summed E-state index contributed by atoms with van der Waals surface area (Å²) in [5.74, 6) is 4.87. The van der Waals surface area contributed by atoms with E-state index in [-0.39, 0.29) is 18.1 Å². The molecule has 0 saturated heterocycles. The number of hydrazine groups is 1. The molecule has 0 radical (unpaired) electrons. The molecule has 6 heteroatoms. The molecule has 1 aromatic heterocycles. The first-order valence-corrected chi connectivity index (χ1v) is 2.66. The van der Waals surface area contributed by atoms with Crippen molar-refractivity contribution < 1.29 is 9.21 Å². The minimum absolute atomic E-state index is 0. The van der Waals surface area contributed by atoms with Crippen LogP contribution in [0, 0.1) is 6.92 Å². The Kier molecular flexibility index (Phi) is 3.56. The van der Waals surface area contributed by atoms with Crippen LogP contribution in [0.1, 0.15) is 16.2 Å². The van der Waals surface area contributed by atoms with Gasteiger partial charge < -0.3 is 4.42 Å². The standard InChI is InChI=1S/C5H7N3O2.ClH/c1-3-4(5(9)8-6)7-2-10-3;/h2H,6H2,1H3,(H,8,9);1H. The highest BCUT2D eigenvalue weighted by molar-refractivity contribution is 5.92. The third-order valence-electron chi connectivity index (χ3n) is 1.09. The lowest BCUT2D eigenvalue weighted by Crippen LogP contribution is -2.30. The number of nitrogens with two attached hydrogens (primary N) is 1. The highest BCUT2D eigenvalue weighted by Gasteiger charge is 2.10. The molecule has 3 N–H and O–H groups in total. The molecule has 11 heavy (non-hydrogen) atoms. The van der Waals surface area contributed by atoms with Crippen LogP contribution in [0.3, 0.4) is 0 Å². The maximum Gasteiger partial charge on any atom is 0.287 e. The summed E-state index contributed by atoms with van der Waals surface area (Å²) < 4.78 is 4.76. The number of nitrogens with one attached hydrogen (secondary N) is 1. The van der Waals surface area contributed by atoms with Crippen molar-refractivity contribution in [3.63, 3.8) is 0 Å². The van der Waals surface area contributed by atoms with Gasteiger partial charge in [0.25, 0.3) is 5.91 Å². The van der Waals surface area contributed by atoms with Crippen molar-refractivity contribution in [3.8, 4) is 0 Å². The lowest BCUT2D eigenvalue weighted by molar-refractivity contribution is 0.0948. The molecule has 0 unspecified atom stereocenters. The van der Waals surface area contributed by atoms with Gasteiger partial charge in [0, 0.05) is 0 Å². The van der Waals surface area contributed by atoms with E-state index in [2.05, 4.69) is 4.98 Å². The number of hydrogen-bond donors (Lipinski definition) is 2. The van der Waals surface area contributed by atoms with Gasteiger partial charge in [0.2, 0.25) is 0 Å². The van der Waals surface area contributed by atoms with Crippen molar-refractivity contribution in [2.24, 2.45) is 5.84 Å². The highest BCUT2D eigenvalue weighted by atomic mass is 35.5. The number of oxazole rings is 1. The Bertz CT molecular complexity index is 248. The van der Waals surface area contributed by atoms with Crippen molar-refractivity contribution in [1.82, 2.24) is 10.4 Å². The van der Waals surface area contributed by atoms with Crippen molar-refractivity contribution in [1.29, 1.82) is 0 Å². The van der Waals surface area contributed by atoms with Gasteiger partial charge in [-0.05, 0) is 6.92 Å². The molecule has 5 nitrogen and oxygen atoms in total. The second-order valence-corrected chi connectivity index (χ2v) is 1.73. The van der Waals surface area contributed by atoms with Crippen LogP contribution in [0.5, 0.6) is 0 Å². The maximum atomic E-state index is 10.7. The lowest BCUT2D eigenvalue weighted by atomic mass is 10.3. The van der Waals surface area contributed by atoms with Gasteiger partial charge in [-0.1, -0.05) is 0 Å². The Morgan fingerprint density at radius 1 is 1.82 bits per heavy atom. The van der Waals surface area contributed by atoms with Crippen molar-refractivity contribution >= 4 is 18.3 Å². The van der Waals surface area contributed by atoms with Gasteiger partial charge in [0.15, 0.2) is 12.1 Å². The normalized spacial score (nSPS) is 8.55. The fraction of sp³-hybridized carbons (Fsp3) is 0.200. The van der Waals surface area contributed by atoms with Crippen molar-refractivity contribution in [3.05, 3.63) is 17.8 Å².